The van der Waals surface area contributed by atoms with E-state index in [1.54, 1.807) is 19.1 Å². The Morgan fingerprint density at radius 3 is 2.92 bits per heavy atom. The molecule has 6 nitrogen and oxygen atoms in total. The molecular weight excluding hydrogens is 318 g/mol. The quantitative estimate of drug-likeness (QED) is 0.728. The summed E-state index contributed by atoms with van der Waals surface area (Å²) in [5, 5.41) is 2.78. The van der Waals surface area contributed by atoms with Crippen molar-refractivity contribution >= 4 is 17.5 Å². The Labute approximate surface area is 150 Å². The highest BCUT2D eigenvalue weighted by molar-refractivity contribution is 6.03. The molecule has 2 rings (SSSR count). The van der Waals surface area contributed by atoms with Crippen LogP contribution in [0.2, 0.25) is 0 Å². The zero-order chi connectivity index (χ0) is 18.2. The molecule has 0 bridgehead atoms. The molecule has 1 atom stereocenters. The van der Waals surface area contributed by atoms with Crippen LogP contribution >= 0.6 is 0 Å². The van der Waals surface area contributed by atoms with Gasteiger partial charge in [-0.05, 0) is 43.5 Å². The molecule has 0 aliphatic carbocycles. The number of hydrogen-bond acceptors (Lipinski definition) is 4. The second kappa shape index (κ2) is 9.53. The molecule has 0 spiro atoms. The van der Waals surface area contributed by atoms with Gasteiger partial charge < -0.3 is 19.9 Å². The average molecular weight is 347 g/mol. The van der Waals surface area contributed by atoms with E-state index in [2.05, 4.69) is 10.2 Å². The number of aryl methyl sites for hydroxylation is 1. The highest BCUT2D eigenvalue weighted by Gasteiger charge is 2.25. The molecule has 1 heterocycles. The van der Waals surface area contributed by atoms with Crippen LogP contribution < -0.4 is 5.32 Å². The lowest BCUT2D eigenvalue weighted by molar-refractivity contribution is -0.133. The molecule has 0 aromatic heterocycles. The number of carbonyl (C=O) groups excluding carboxylic acids is 2. The molecule has 1 unspecified atom stereocenters. The Balaban J connectivity index is 1.73. The molecule has 0 saturated carbocycles. The molecule has 6 heteroatoms. The third kappa shape index (κ3) is 6.48. The number of nitrogens with one attached hydrogen (secondary N) is 1. The van der Waals surface area contributed by atoms with Gasteiger partial charge in [0.1, 0.15) is 6.42 Å². The monoisotopic (exact) mass is 347 g/mol. The number of benzene rings is 1. The topological polar surface area (TPSA) is 61.9 Å². The minimum absolute atomic E-state index is 0.120. The normalized spacial score (nSPS) is 17.5. The minimum Gasteiger partial charge on any atom is -0.383 e. The number of nitrogens with zero attached hydrogens (tertiary/aromatic N) is 2. The molecule has 1 fully saturated rings. The third-order valence-electron chi connectivity index (χ3n) is 4.55. The fourth-order valence-corrected chi connectivity index (χ4v) is 3.17. The van der Waals surface area contributed by atoms with Crippen LogP contribution in [0.5, 0.6) is 0 Å². The minimum atomic E-state index is -0.268. The van der Waals surface area contributed by atoms with Gasteiger partial charge >= 0.3 is 0 Å². The molecule has 1 aromatic rings. The van der Waals surface area contributed by atoms with E-state index in [1.165, 1.54) is 0 Å². The van der Waals surface area contributed by atoms with Crippen LogP contribution in [0.15, 0.2) is 24.3 Å². The first-order chi connectivity index (χ1) is 12.0. The number of rotatable bonds is 8. The van der Waals surface area contributed by atoms with Gasteiger partial charge in [0.15, 0.2) is 0 Å². The van der Waals surface area contributed by atoms with E-state index in [0.29, 0.717) is 12.5 Å². The number of carbonyl (C=O) groups is 2. The number of ether oxygens (including phenoxy) is 1. The van der Waals surface area contributed by atoms with Gasteiger partial charge in [0.25, 0.3) is 0 Å². The van der Waals surface area contributed by atoms with Crippen LogP contribution in [0.3, 0.4) is 0 Å². The lowest BCUT2D eigenvalue weighted by Gasteiger charge is -2.21. The van der Waals surface area contributed by atoms with Gasteiger partial charge in [0, 0.05) is 39.5 Å². The summed E-state index contributed by atoms with van der Waals surface area (Å²) in [7, 11) is 3.49. The van der Waals surface area contributed by atoms with Crippen molar-refractivity contribution in [3.05, 3.63) is 29.8 Å². The summed E-state index contributed by atoms with van der Waals surface area (Å²) in [6, 6.07) is 7.56. The van der Waals surface area contributed by atoms with Crippen molar-refractivity contribution < 1.29 is 14.3 Å². The van der Waals surface area contributed by atoms with Gasteiger partial charge in [-0.2, -0.15) is 0 Å². The second-order valence-corrected chi connectivity index (χ2v) is 6.82. The summed E-state index contributed by atoms with van der Waals surface area (Å²) in [4.78, 5) is 28.4. The second-order valence-electron chi connectivity index (χ2n) is 6.82. The van der Waals surface area contributed by atoms with E-state index in [1.807, 2.05) is 31.2 Å². The van der Waals surface area contributed by atoms with Gasteiger partial charge in [-0.25, -0.2) is 0 Å². The van der Waals surface area contributed by atoms with E-state index in [9.17, 15) is 9.59 Å². The highest BCUT2D eigenvalue weighted by Crippen LogP contribution is 2.17. The SMILES string of the molecule is COCCN1CCC(CN(C)C(=O)CC(=O)Nc2cccc(C)c2)C1. The molecule has 1 aliphatic rings. The van der Waals surface area contributed by atoms with Crippen molar-refractivity contribution in [2.24, 2.45) is 5.92 Å². The maximum atomic E-state index is 12.3. The van der Waals surface area contributed by atoms with Crippen molar-refractivity contribution in [2.45, 2.75) is 19.8 Å². The predicted octanol–water partition coefficient (Wildman–Crippen LogP) is 1.75. The Kier molecular flexibility index (Phi) is 7.40. The van der Waals surface area contributed by atoms with E-state index in [-0.39, 0.29) is 18.2 Å². The maximum Gasteiger partial charge on any atom is 0.233 e. The Morgan fingerprint density at radius 1 is 1.40 bits per heavy atom. The summed E-state index contributed by atoms with van der Waals surface area (Å²) in [6.45, 7) is 6.36. The molecule has 1 N–H and O–H groups in total. The molecule has 0 radical (unpaired) electrons. The summed E-state index contributed by atoms with van der Waals surface area (Å²) in [6.07, 6.45) is 0.960. The van der Waals surface area contributed by atoms with Gasteiger partial charge in [-0.15, -0.1) is 0 Å². The van der Waals surface area contributed by atoms with Gasteiger partial charge in [-0.3, -0.25) is 9.59 Å². The van der Waals surface area contributed by atoms with Crippen LogP contribution in [0.25, 0.3) is 0 Å². The van der Waals surface area contributed by atoms with Crippen LogP contribution in [-0.2, 0) is 14.3 Å². The van der Waals surface area contributed by atoms with E-state index < -0.39 is 0 Å². The third-order valence-corrected chi connectivity index (χ3v) is 4.55. The molecule has 1 aromatic carbocycles. The Bertz CT molecular complexity index is 591. The first kappa shape index (κ1) is 19.4. The lowest BCUT2D eigenvalue weighted by atomic mass is 10.1. The van der Waals surface area contributed by atoms with E-state index in [4.69, 9.17) is 4.74 Å². The predicted molar refractivity (Wildman–Crippen MR) is 98.5 cm³/mol. The summed E-state index contributed by atoms with van der Waals surface area (Å²) >= 11 is 0. The standard InChI is InChI=1S/C19H29N3O3/c1-15-5-4-6-17(11-15)20-18(23)12-19(24)21(2)13-16-7-8-22(14-16)9-10-25-3/h4-6,11,16H,7-10,12-14H2,1-3H3,(H,20,23). The van der Waals surface area contributed by atoms with E-state index in [0.717, 1.165) is 43.9 Å². The van der Waals surface area contributed by atoms with Gasteiger partial charge in [0.2, 0.25) is 11.8 Å². The number of likely N-dealkylation sites (tertiary alicyclic amines) is 1. The maximum absolute atomic E-state index is 12.3. The molecule has 2 amide bonds. The zero-order valence-electron chi connectivity index (χ0n) is 15.5. The lowest BCUT2D eigenvalue weighted by Crippen LogP contribution is -2.35. The largest absolute Gasteiger partial charge is 0.383 e. The van der Waals surface area contributed by atoms with Crippen molar-refractivity contribution in [3.8, 4) is 0 Å². The fraction of sp³-hybridized carbons (Fsp3) is 0.579. The van der Waals surface area contributed by atoms with Crippen molar-refractivity contribution in [2.75, 3.05) is 52.3 Å². The van der Waals surface area contributed by atoms with Crippen molar-refractivity contribution in [1.29, 1.82) is 0 Å². The number of amides is 2. The number of hydrogen-bond donors (Lipinski definition) is 1. The smallest absolute Gasteiger partial charge is 0.233 e. The van der Waals surface area contributed by atoms with E-state index >= 15 is 0 Å². The zero-order valence-corrected chi connectivity index (χ0v) is 15.5. The van der Waals surface area contributed by atoms with Gasteiger partial charge in [-0.1, -0.05) is 12.1 Å². The Hall–Kier alpha value is -1.92. The average Bonchev–Trinajstić information content (AvgIpc) is 3.00. The van der Waals surface area contributed by atoms with Gasteiger partial charge in [0.05, 0.1) is 6.61 Å². The molecule has 1 aliphatic heterocycles. The highest BCUT2D eigenvalue weighted by atomic mass is 16.5. The van der Waals surface area contributed by atoms with Crippen molar-refractivity contribution in [3.63, 3.8) is 0 Å². The van der Waals surface area contributed by atoms with Crippen LogP contribution in [-0.4, -0.2) is 68.6 Å². The summed E-state index contributed by atoms with van der Waals surface area (Å²) in [5.41, 5.74) is 1.80. The number of methoxy groups -OCH3 is 1. The molecular formula is C19H29N3O3. The molecule has 1 saturated heterocycles. The number of anilines is 1. The molecule has 25 heavy (non-hydrogen) atoms. The Morgan fingerprint density at radius 2 is 2.20 bits per heavy atom. The van der Waals surface area contributed by atoms with Crippen LogP contribution in [0.4, 0.5) is 5.69 Å². The first-order valence-corrected chi connectivity index (χ1v) is 8.79. The van der Waals surface area contributed by atoms with Crippen molar-refractivity contribution in [1.82, 2.24) is 9.80 Å². The summed E-state index contributed by atoms with van der Waals surface area (Å²) < 4.78 is 5.11. The first-order valence-electron chi connectivity index (χ1n) is 8.79. The summed E-state index contributed by atoms with van der Waals surface area (Å²) in [5.74, 6) is 0.0572. The van der Waals surface area contributed by atoms with Crippen LogP contribution in [0.1, 0.15) is 18.4 Å². The molecule has 138 valence electrons. The van der Waals surface area contributed by atoms with Crippen LogP contribution in [0, 0.1) is 12.8 Å². The fourth-order valence-electron chi connectivity index (χ4n) is 3.17.